The number of benzene rings is 2. The van der Waals surface area contributed by atoms with Crippen molar-refractivity contribution in [3.8, 4) is 0 Å². The van der Waals surface area contributed by atoms with E-state index in [4.69, 9.17) is 0 Å². The van der Waals surface area contributed by atoms with Crippen molar-refractivity contribution in [1.29, 1.82) is 0 Å². The van der Waals surface area contributed by atoms with Gasteiger partial charge in [-0.2, -0.15) is 0 Å². The zero-order valence-corrected chi connectivity index (χ0v) is 21.6. The number of rotatable bonds is 6. The number of amides is 2. The van der Waals surface area contributed by atoms with Crippen LogP contribution in [-0.2, 0) is 4.79 Å². The van der Waals surface area contributed by atoms with E-state index < -0.39 is 0 Å². The number of aromatic nitrogens is 1. The van der Waals surface area contributed by atoms with Gasteiger partial charge in [-0.05, 0) is 62.6 Å². The molecule has 3 aromatic rings. The Balaban J connectivity index is 1.36. The Morgan fingerprint density at radius 1 is 0.914 bits per heavy atom. The van der Waals surface area contributed by atoms with Gasteiger partial charge in [0.15, 0.2) is 0 Å². The number of hydrogen-bond acceptors (Lipinski definition) is 5. The highest BCUT2D eigenvalue weighted by molar-refractivity contribution is 7.99. The number of carbonyl (C=O) groups is 2. The fraction of sp³-hybridized carbons (Fsp3) is 0.321. The molecule has 1 N–H and O–H groups in total. The summed E-state index contributed by atoms with van der Waals surface area (Å²) in [5.41, 5.74) is 6.01. The minimum Gasteiger partial charge on any atom is -0.336 e. The lowest BCUT2D eigenvalue weighted by molar-refractivity contribution is -0.117. The number of aryl methyl sites for hydroxylation is 4. The van der Waals surface area contributed by atoms with Gasteiger partial charge in [-0.15, -0.1) is 0 Å². The van der Waals surface area contributed by atoms with Crippen molar-refractivity contribution < 1.29 is 9.59 Å². The van der Waals surface area contributed by atoms with Crippen molar-refractivity contribution in [3.05, 3.63) is 82.5 Å². The molecule has 0 atom stereocenters. The van der Waals surface area contributed by atoms with Gasteiger partial charge in [0, 0.05) is 43.0 Å². The first-order valence-electron chi connectivity index (χ1n) is 11.9. The number of pyridine rings is 1. The first-order chi connectivity index (χ1) is 16.8. The summed E-state index contributed by atoms with van der Waals surface area (Å²) < 4.78 is 0. The van der Waals surface area contributed by atoms with Crippen molar-refractivity contribution in [1.82, 2.24) is 14.8 Å². The molecular formula is C28H32N4O2S. The fourth-order valence-corrected chi connectivity index (χ4v) is 5.27. The smallest absolute Gasteiger partial charge is 0.256 e. The molecule has 0 spiro atoms. The minimum absolute atomic E-state index is 0.00926. The second-order valence-electron chi connectivity index (χ2n) is 9.11. The van der Waals surface area contributed by atoms with Gasteiger partial charge in [0.1, 0.15) is 5.03 Å². The van der Waals surface area contributed by atoms with E-state index in [1.54, 1.807) is 6.20 Å². The highest BCUT2D eigenvalue weighted by Gasteiger charge is 2.25. The number of nitrogens with zero attached hydrogens (tertiary/aromatic N) is 3. The first-order valence-corrected chi connectivity index (χ1v) is 12.7. The number of carbonyl (C=O) groups excluding carboxylic acids is 2. The molecule has 1 fully saturated rings. The van der Waals surface area contributed by atoms with Crippen LogP contribution in [0.2, 0.25) is 0 Å². The van der Waals surface area contributed by atoms with Crippen LogP contribution in [-0.4, -0.2) is 59.3 Å². The zero-order chi connectivity index (χ0) is 24.9. The number of hydrogen-bond donors (Lipinski definition) is 1. The summed E-state index contributed by atoms with van der Waals surface area (Å²) in [4.78, 5) is 35.6. The van der Waals surface area contributed by atoms with Gasteiger partial charge in [0.25, 0.3) is 5.91 Å². The van der Waals surface area contributed by atoms with Gasteiger partial charge in [0.2, 0.25) is 5.91 Å². The molecule has 0 radical (unpaired) electrons. The molecule has 0 bridgehead atoms. The summed E-state index contributed by atoms with van der Waals surface area (Å²) in [7, 11) is 0. The molecule has 1 aromatic heterocycles. The third-order valence-electron chi connectivity index (χ3n) is 6.31. The standard InChI is InChI=1S/C28H32N4O2S/c1-19-10-11-24(22(4)17-19)35-27-23(9-6-12-29-27)28(34)32-15-13-31(14-16-32)18-25(33)30-26-20(2)7-5-8-21(26)3/h5-12,17H,13-16,18H2,1-4H3,(H,30,33). The van der Waals surface area contributed by atoms with Gasteiger partial charge in [0.05, 0.1) is 12.1 Å². The number of piperazine rings is 1. The van der Waals surface area contributed by atoms with Crippen molar-refractivity contribution >= 4 is 29.3 Å². The Kier molecular flexibility index (Phi) is 7.88. The van der Waals surface area contributed by atoms with Gasteiger partial charge >= 0.3 is 0 Å². The molecule has 2 heterocycles. The van der Waals surface area contributed by atoms with E-state index in [0.717, 1.165) is 26.7 Å². The van der Waals surface area contributed by atoms with E-state index in [9.17, 15) is 9.59 Å². The van der Waals surface area contributed by atoms with Crippen LogP contribution in [0.5, 0.6) is 0 Å². The predicted molar refractivity (Wildman–Crippen MR) is 141 cm³/mol. The topological polar surface area (TPSA) is 65.5 Å². The molecule has 1 aliphatic heterocycles. The predicted octanol–water partition coefficient (Wildman–Crippen LogP) is 4.86. The lowest BCUT2D eigenvalue weighted by atomic mass is 10.1. The Labute approximate surface area is 211 Å². The van der Waals surface area contributed by atoms with Crippen LogP contribution < -0.4 is 5.32 Å². The van der Waals surface area contributed by atoms with E-state index in [-0.39, 0.29) is 11.8 Å². The molecule has 2 amide bonds. The molecule has 1 aliphatic rings. The molecule has 35 heavy (non-hydrogen) atoms. The Morgan fingerprint density at radius 2 is 1.63 bits per heavy atom. The third kappa shape index (κ3) is 6.10. The highest BCUT2D eigenvalue weighted by Crippen LogP contribution is 2.32. The number of nitrogens with one attached hydrogen (secondary N) is 1. The largest absolute Gasteiger partial charge is 0.336 e. The second-order valence-corrected chi connectivity index (χ2v) is 10.1. The van der Waals surface area contributed by atoms with E-state index in [0.29, 0.717) is 38.3 Å². The summed E-state index contributed by atoms with van der Waals surface area (Å²) in [5.74, 6) is -0.0356. The average molecular weight is 489 g/mol. The van der Waals surface area contributed by atoms with Crippen LogP contribution >= 0.6 is 11.8 Å². The quantitative estimate of drug-likeness (QED) is 0.537. The zero-order valence-electron chi connectivity index (χ0n) is 20.8. The van der Waals surface area contributed by atoms with Gasteiger partial charge < -0.3 is 10.2 Å². The second kappa shape index (κ2) is 11.1. The van der Waals surface area contributed by atoms with E-state index >= 15 is 0 Å². The van der Waals surface area contributed by atoms with Crippen molar-refractivity contribution in [2.75, 3.05) is 38.0 Å². The van der Waals surface area contributed by atoms with Crippen LogP contribution in [0.3, 0.4) is 0 Å². The van der Waals surface area contributed by atoms with Gasteiger partial charge in [-0.3, -0.25) is 14.5 Å². The Hall–Kier alpha value is -3.16. The first kappa shape index (κ1) is 24.9. The summed E-state index contributed by atoms with van der Waals surface area (Å²) in [6.07, 6.45) is 1.73. The van der Waals surface area contributed by atoms with Crippen LogP contribution in [0.4, 0.5) is 5.69 Å². The summed E-state index contributed by atoms with van der Waals surface area (Å²) in [6, 6.07) is 16.0. The van der Waals surface area contributed by atoms with Gasteiger partial charge in [-0.1, -0.05) is 47.7 Å². The third-order valence-corrected chi connectivity index (χ3v) is 7.51. The van der Waals surface area contributed by atoms with Crippen LogP contribution in [0.1, 0.15) is 32.6 Å². The molecule has 6 nitrogen and oxygen atoms in total. The molecule has 4 rings (SSSR count). The van der Waals surface area contributed by atoms with Crippen LogP contribution in [0, 0.1) is 27.7 Å². The SMILES string of the molecule is Cc1ccc(Sc2ncccc2C(=O)N2CCN(CC(=O)Nc3c(C)cccc3C)CC2)c(C)c1. The van der Waals surface area contributed by atoms with E-state index in [2.05, 4.69) is 47.2 Å². The van der Waals surface area contributed by atoms with E-state index in [1.165, 1.54) is 22.9 Å². The van der Waals surface area contributed by atoms with Gasteiger partial charge in [-0.25, -0.2) is 4.98 Å². The molecule has 0 aliphatic carbocycles. The van der Waals surface area contributed by atoms with Crippen LogP contribution in [0.15, 0.2) is 64.6 Å². The number of para-hydroxylation sites is 1. The maximum absolute atomic E-state index is 13.4. The molecule has 7 heteroatoms. The highest BCUT2D eigenvalue weighted by atomic mass is 32.2. The normalized spacial score (nSPS) is 14.1. The van der Waals surface area contributed by atoms with Crippen molar-refractivity contribution in [2.24, 2.45) is 0 Å². The maximum Gasteiger partial charge on any atom is 0.256 e. The van der Waals surface area contributed by atoms with Crippen molar-refractivity contribution in [3.63, 3.8) is 0 Å². The summed E-state index contributed by atoms with van der Waals surface area (Å²) in [6.45, 7) is 10.9. The lowest BCUT2D eigenvalue weighted by Gasteiger charge is -2.34. The number of anilines is 1. The fourth-order valence-electron chi connectivity index (χ4n) is 4.33. The molecule has 0 unspecified atom stereocenters. The maximum atomic E-state index is 13.4. The summed E-state index contributed by atoms with van der Waals surface area (Å²) >= 11 is 1.53. The summed E-state index contributed by atoms with van der Waals surface area (Å²) in [5, 5.41) is 3.77. The monoisotopic (exact) mass is 488 g/mol. The Bertz CT molecular complexity index is 1220. The molecule has 1 saturated heterocycles. The van der Waals surface area contributed by atoms with E-state index in [1.807, 2.05) is 49.1 Å². The average Bonchev–Trinajstić information content (AvgIpc) is 2.84. The molecule has 0 saturated carbocycles. The van der Waals surface area contributed by atoms with Crippen LogP contribution in [0.25, 0.3) is 0 Å². The van der Waals surface area contributed by atoms with Crippen molar-refractivity contribution in [2.45, 2.75) is 37.6 Å². The molecule has 182 valence electrons. The Morgan fingerprint density at radius 3 is 2.31 bits per heavy atom. The molecular weight excluding hydrogens is 456 g/mol. The minimum atomic E-state index is -0.0263. The lowest BCUT2D eigenvalue weighted by Crippen LogP contribution is -2.50. The molecule has 2 aromatic carbocycles.